The number of rotatable bonds is 5. The minimum Gasteiger partial charge on any atom is -0.480 e. The molecule has 0 unspecified atom stereocenters. The van der Waals surface area contributed by atoms with Crippen LogP contribution in [0.1, 0.15) is 16.2 Å². The van der Waals surface area contributed by atoms with Gasteiger partial charge in [-0.25, -0.2) is 14.8 Å². The number of aromatic amines is 1. The fraction of sp³-hybridized carbons (Fsp3) is 0.167. The first-order chi connectivity index (χ1) is 9.97. The van der Waals surface area contributed by atoms with Crippen molar-refractivity contribution >= 4 is 35.1 Å². The van der Waals surface area contributed by atoms with Gasteiger partial charge in [0.05, 0.1) is 11.3 Å². The Kier molecular flexibility index (Phi) is 4.77. The third-order valence-electron chi connectivity index (χ3n) is 2.61. The molecule has 0 bridgehead atoms. The van der Waals surface area contributed by atoms with E-state index in [1.54, 1.807) is 0 Å². The molecule has 2 aromatic heterocycles. The van der Waals surface area contributed by atoms with Crippen molar-refractivity contribution < 1.29 is 14.7 Å². The maximum absolute atomic E-state index is 12.1. The highest BCUT2D eigenvalue weighted by Gasteiger charge is 2.23. The lowest BCUT2D eigenvalue weighted by Crippen LogP contribution is -2.42. The van der Waals surface area contributed by atoms with Gasteiger partial charge in [0.2, 0.25) is 0 Å². The number of pyridine rings is 1. The van der Waals surface area contributed by atoms with Gasteiger partial charge in [-0.1, -0.05) is 23.2 Å². The van der Waals surface area contributed by atoms with E-state index in [-0.39, 0.29) is 22.3 Å². The molecule has 2 aromatic rings. The zero-order chi connectivity index (χ0) is 15.4. The van der Waals surface area contributed by atoms with E-state index in [9.17, 15) is 9.59 Å². The van der Waals surface area contributed by atoms with E-state index >= 15 is 0 Å². The monoisotopic (exact) mass is 328 g/mol. The van der Waals surface area contributed by atoms with Crippen LogP contribution >= 0.6 is 23.2 Å². The number of nitrogens with zero attached hydrogens (tertiary/aromatic N) is 2. The predicted octanol–water partition coefficient (Wildman–Crippen LogP) is 1.54. The van der Waals surface area contributed by atoms with Gasteiger partial charge in [-0.2, -0.15) is 0 Å². The average Bonchev–Trinajstić information content (AvgIpc) is 2.93. The SMILES string of the molecule is O=C(N[C@@H](Cc1cnc[nH]1)C(=O)O)c1nc(Cl)ccc1Cl. The second kappa shape index (κ2) is 6.55. The van der Waals surface area contributed by atoms with Crippen molar-refractivity contribution in [3.8, 4) is 0 Å². The van der Waals surface area contributed by atoms with Crippen LogP contribution in [0.25, 0.3) is 0 Å². The van der Waals surface area contributed by atoms with Gasteiger partial charge in [0.1, 0.15) is 16.9 Å². The Morgan fingerprint density at radius 1 is 1.38 bits per heavy atom. The molecule has 2 rings (SSSR count). The van der Waals surface area contributed by atoms with Crippen LogP contribution < -0.4 is 5.32 Å². The maximum atomic E-state index is 12.1. The summed E-state index contributed by atoms with van der Waals surface area (Å²) in [6.45, 7) is 0. The molecule has 0 aliphatic carbocycles. The number of carbonyl (C=O) groups is 2. The van der Waals surface area contributed by atoms with Crippen LogP contribution in [0, 0.1) is 0 Å². The van der Waals surface area contributed by atoms with Gasteiger partial charge in [-0.05, 0) is 12.1 Å². The number of halogens is 2. The van der Waals surface area contributed by atoms with Crippen molar-refractivity contribution in [1.29, 1.82) is 0 Å². The zero-order valence-corrected chi connectivity index (χ0v) is 12.0. The number of carboxylic acid groups (broad SMARTS) is 1. The molecule has 0 saturated heterocycles. The molecule has 1 amide bonds. The van der Waals surface area contributed by atoms with Crippen LogP contribution in [0.15, 0.2) is 24.7 Å². The molecular formula is C12H10Cl2N4O3. The first-order valence-electron chi connectivity index (χ1n) is 5.80. The number of carbonyl (C=O) groups excluding carboxylic acids is 1. The summed E-state index contributed by atoms with van der Waals surface area (Å²) < 4.78 is 0. The Balaban J connectivity index is 2.14. The highest BCUT2D eigenvalue weighted by molar-refractivity contribution is 6.34. The van der Waals surface area contributed by atoms with E-state index in [2.05, 4.69) is 20.3 Å². The van der Waals surface area contributed by atoms with E-state index in [1.807, 2.05) is 0 Å². The molecule has 0 aliphatic heterocycles. The van der Waals surface area contributed by atoms with Crippen molar-refractivity contribution in [3.05, 3.63) is 46.2 Å². The molecule has 110 valence electrons. The first-order valence-corrected chi connectivity index (χ1v) is 6.56. The van der Waals surface area contributed by atoms with Crippen LogP contribution in [0.3, 0.4) is 0 Å². The summed E-state index contributed by atoms with van der Waals surface area (Å²) in [5.74, 6) is -1.90. The van der Waals surface area contributed by atoms with Crippen LogP contribution in [-0.2, 0) is 11.2 Å². The average molecular weight is 329 g/mol. The number of hydrogen-bond donors (Lipinski definition) is 3. The molecule has 0 aromatic carbocycles. The van der Waals surface area contributed by atoms with Crippen molar-refractivity contribution in [1.82, 2.24) is 20.3 Å². The first kappa shape index (κ1) is 15.3. The van der Waals surface area contributed by atoms with Gasteiger partial charge in [-0.3, -0.25) is 4.79 Å². The Hall–Kier alpha value is -2.12. The molecule has 0 fully saturated rings. The van der Waals surface area contributed by atoms with E-state index in [1.165, 1.54) is 24.7 Å². The zero-order valence-electron chi connectivity index (χ0n) is 10.5. The second-order valence-electron chi connectivity index (χ2n) is 4.11. The quantitative estimate of drug-likeness (QED) is 0.721. The molecular weight excluding hydrogens is 319 g/mol. The Morgan fingerprint density at radius 2 is 2.14 bits per heavy atom. The van der Waals surface area contributed by atoms with Crippen molar-refractivity contribution in [2.75, 3.05) is 0 Å². The van der Waals surface area contributed by atoms with Crippen LogP contribution in [0.4, 0.5) is 0 Å². The largest absolute Gasteiger partial charge is 0.480 e. The van der Waals surface area contributed by atoms with Gasteiger partial charge >= 0.3 is 5.97 Å². The molecule has 0 aliphatic rings. The van der Waals surface area contributed by atoms with Gasteiger partial charge in [-0.15, -0.1) is 0 Å². The summed E-state index contributed by atoms with van der Waals surface area (Å²) in [4.78, 5) is 33.6. The Labute approximate surface area is 129 Å². The highest BCUT2D eigenvalue weighted by atomic mass is 35.5. The number of aliphatic carboxylic acids is 1. The fourth-order valence-corrected chi connectivity index (χ4v) is 1.96. The van der Waals surface area contributed by atoms with E-state index in [0.717, 1.165) is 0 Å². The van der Waals surface area contributed by atoms with Crippen LogP contribution in [0.2, 0.25) is 10.2 Å². The summed E-state index contributed by atoms with van der Waals surface area (Å²) in [7, 11) is 0. The van der Waals surface area contributed by atoms with Crippen molar-refractivity contribution in [2.24, 2.45) is 0 Å². The minimum atomic E-state index is -1.18. The van der Waals surface area contributed by atoms with Gasteiger partial charge in [0.15, 0.2) is 0 Å². The number of amides is 1. The Morgan fingerprint density at radius 3 is 2.76 bits per heavy atom. The lowest BCUT2D eigenvalue weighted by atomic mass is 10.1. The second-order valence-corrected chi connectivity index (χ2v) is 4.90. The number of imidazole rings is 1. The fourth-order valence-electron chi connectivity index (χ4n) is 1.62. The number of H-pyrrole nitrogens is 1. The number of carboxylic acids is 1. The lowest BCUT2D eigenvalue weighted by Gasteiger charge is -2.13. The van der Waals surface area contributed by atoms with E-state index < -0.39 is 17.9 Å². The van der Waals surface area contributed by atoms with Crippen molar-refractivity contribution in [2.45, 2.75) is 12.5 Å². The third-order valence-corrected chi connectivity index (χ3v) is 3.12. The summed E-state index contributed by atoms with van der Waals surface area (Å²) in [5, 5.41) is 11.7. The summed E-state index contributed by atoms with van der Waals surface area (Å²) in [6.07, 6.45) is 2.96. The van der Waals surface area contributed by atoms with Gasteiger partial charge in [0, 0.05) is 18.3 Å². The molecule has 3 N–H and O–H groups in total. The molecule has 0 spiro atoms. The number of hydrogen-bond acceptors (Lipinski definition) is 4. The lowest BCUT2D eigenvalue weighted by molar-refractivity contribution is -0.139. The summed E-state index contributed by atoms with van der Waals surface area (Å²) in [6, 6.07) is 1.70. The summed E-state index contributed by atoms with van der Waals surface area (Å²) >= 11 is 11.5. The van der Waals surface area contributed by atoms with E-state index in [4.69, 9.17) is 28.3 Å². The highest BCUT2D eigenvalue weighted by Crippen LogP contribution is 2.17. The molecule has 2 heterocycles. The molecule has 7 nitrogen and oxygen atoms in total. The van der Waals surface area contributed by atoms with Gasteiger partial charge < -0.3 is 15.4 Å². The smallest absolute Gasteiger partial charge is 0.326 e. The molecule has 21 heavy (non-hydrogen) atoms. The van der Waals surface area contributed by atoms with Gasteiger partial charge in [0.25, 0.3) is 5.91 Å². The summed E-state index contributed by atoms with van der Waals surface area (Å²) in [5.41, 5.74) is 0.452. The molecule has 1 atom stereocenters. The maximum Gasteiger partial charge on any atom is 0.326 e. The van der Waals surface area contributed by atoms with Crippen LogP contribution in [-0.4, -0.2) is 38.0 Å². The van der Waals surface area contributed by atoms with Crippen LogP contribution in [0.5, 0.6) is 0 Å². The molecule has 0 saturated carbocycles. The molecule has 9 heteroatoms. The standard InChI is InChI=1S/C12H10Cl2N4O3/c13-7-1-2-9(14)18-10(7)11(19)17-8(12(20)21)3-6-4-15-5-16-6/h1-2,4-5,8H,3H2,(H,15,16)(H,17,19)(H,20,21)/t8-/m0/s1. The Bertz CT molecular complexity index is 661. The van der Waals surface area contributed by atoms with E-state index in [0.29, 0.717) is 5.69 Å². The molecule has 0 radical (unpaired) electrons. The topological polar surface area (TPSA) is 108 Å². The van der Waals surface area contributed by atoms with Crippen molar-refractivity contribution in [3.63, 3.8) is 0 Å². The predicted molar refractivity (Wildman–Crippen MR) is 75.4 cm³/mol. The minimum absolute atomic E-state index is 0.0548. The number of aromatic nitrogens is 3. The third kappa shape index (κ3) is 3.93. The normalized spacial score (nSPS) is 11.9. The number of nitrogens with one attached hydrogen (secondary N) is 2.